The molecule has 4 N–H and O–H groups in total. The highest BCUT2D eigenvalue weighted by Crippen LogP contribution is 2.25. The minimum absolute atomic E-state index is 0.00194. The topological polar surface area (TPSA) is 86.2 Å². The molecule has 0 aromatic heterocycles. The highest BCUT2D eigenvalue weighted by molar-refractivity contribution is 7.00. The van der Waals surface area contributed by atoms with Gasteiger partial charge in [-0.2, -0.15) is 0 Å². The monoisotopic (exact) mass is 228 g/mol. The maximum absolute atomic E-state index is 10.3. The van der Waals surface area contributed by atoms with Gasteiger partial charge in [0.05, 0.1) is 0 Å². The van der Waals surface area contributed by atoms with Crippen molar-refractivity contribution in [1.29, 1.82) is 0 Å². The van der Waals surface area contributed by atoms with Crippen molar-refractivity contribution in [3.63, 3.8) is 0 Å². The predicted octanol–water partition coefficient (Wildman–Crippen LogP) is -0.162. The predicted molar refractivity (Wildman–Crippen MR) is 61.6 cm³/mol. The molecule has 2 unspecified atom stereocenters. The van der Waals surface area contributed by atoms with Gasteiger partial charge >= 0.3 is 0 Å². The number of hydrogen-bond donors (Lipinski definition) is 2. The maximum Gasteiger partial charge on any atom is 0.158 e. The van der Waals surface area contributed by atoms with E-state index >= 15 is 0 Å². The van der Waals surface area contributed by atoms with Crippen LogP contribution in [0.5, 0.6) is 0 Å². The van der Waals surface area contributed by atoms with E-state index in [9.17, 15) is 9.59 Å². The molecule has 0 aliphatic carbocycles. The fourth-order valence-electron chi connectivity index (χ4n) is 1.17. The summed E-state index contributed by atoms with van der Waals surface area (Å²) in [5.41, 5.74) is 2.77. The molecule has 0 heterocycles. The van der Waals surface area contributed by atoms with E-state index < -0.39 is 16.5 Å². The summed E-state index contributed by atoms with van der Waals surface area (Å²) in [6.45, 7) is 5.55. The Morgan fingerprint density at radius 2 is 1.36 bits per heavy atom. The quantitative estimate of drug-likeness (QED) is 0.517. The molecular weight excluding hydrogens is 212 g/mol. The third-order valence-electron chi connectivity index (χ3n) is 2.61. The number of hydrogen-bond acceptors (Lipinski definition) is 4. The van der Waals surface area contributed by atoms with Crippen molar-refractivity contribution in [2.45, 2.75) is 25.2 Å². The molecule has 0 aliphatic heterocycles. The molecule has 0 aliphatic rings. The van der Waals surface area contributed by atoms with Crippen LogP contribution in [0.4, 0.5) is 0 Å². The first-order chi connectivity index (χ1) is 6.28. The van der Waals surface area contributed by atoms with Crippen LogP contribution in [0.1, 0.15) is 6.92 Å². The second-order valence-electron chi connectivity index (χ2n) is 3.98. The maximum atomic E-state index is 10.3. The second kappa shape index (κ2) is 4.66. The van der Waals surface area contributed by atoms with Crippen molar-refractivity contribution in [2.24, 2.45) is 10.8 Å². The van der Waals surface area contributed by atoms with E-state index in [0.717, 1.165) is 0 Å². The Hall–Kier alpha value is -0.746. The van der Waals surface area contributed by atoms with Crippen LogP contribution in [0.3, 0.4) is 0 Å². The van der Waals surface area contributed by atoms with E-state index in [1.165, 1.54) is 11.4 Å². The fourth-order valence-corrected chi connectivity index (χ4v) is 8.04. The number of rotatable bonds is 4. The van der Waals surface area contributed by atoms with Gasteiger partial charge in [0, 0.05) is 11.4 Å². The highest BCUT2D eigenvalue weighted by Gasteiger charge is 2.40. The Kier molecular flexibility index (Phi) is 4.41. The summed E-state index contributed by atoms with van der Waals surface area (Å²) in [5.74, 6) is 3.44. The molecule has 0 aromatic rings. The molecule has 6 heteroatoms. The summed E-state index contributed by atoms with van der Waals surface area (Å²) in [7, 11) is -4.60. The van der Waals surface area contributed by atoms with Crippen molar-refractivity contribution < 1.29 is 9.59 Å². The molecule has 2 atom stereocenters. The van der Waals surface area contributed by atoms with Gasteiger partial charge in [0.2, 0.25) is 0 Å². The van der Waals surface area contributed by atoms with Gasteiger partial charge in [0.15, 0.2) is 16.5 Å². The summed E-state index contributed by atoms with van der Waals surface area (Å²) < 4.78 is 0. The van der Waals surface area contributed by atoms with Crippen LogP contribution in [-0.4, -0.2) is 28.4 Å². The van der Waals surface area contributed by atoms with Crippen LogP contribution < -0.4 is 10.8 Å². The normalized spacial score (nSPS) is 20.6. The van der Waals surface area contributed by atoms with Gasteiger partial charge in [-0.15, -0.1) is 0 Å². The van der Waals surface area contributed by atoms with E-state index in [4.69, 9.17) is 10.8 Å². The van der Waals surface area contributed by atoms with Gasteiger partial charge in [-0.05, 0) is 5.16 Å². The van der Waals surface area contributed by atoms with Crippen molar-refractivity contribution >= 4 is 28.4 Å². The summed E-state index contributed by atoms with van der Waals surface area (Å²) in [4.78, 5) is 20.5. The van der Waals surface area contributed by atoms with Crippen LogP contribution in [-0.2, 0) is 9.59 Å². The van der Waals surface area contributed by atoms with Crippen LogP contribution >= 0.6 is 0 Å². The number of carbonyl (C=O) groups excluding carboxylic acids is 2. The van der Waals surface area contributed by atoms with Gasteiger partial charge in [-0.25, -0.2) is 9.59 Å². The summed E-state index contributed by atoms with van der Waals surface area (Å²) in [6.07, 6.45) is 0. The zero-order chi connectivity index (χ0) is 11.4. The Balaban J connectivity index is 5.02. The standard InChI is InChI=1S/C8H16N2O2Si2/c1-8(13(2,9)6-4-11)14(3,10)7-5-12/h6-8H,9-10H2,1-3H3. The molecule has 0 saturated carbocycles. The molecule has 0 aromatic carbocycles. The number of nitrogens with two attached hydrogens (primary N) is 2. The van der Waals surface area contributed by atoms with Crippen molar-refractivity contribution in [2.75, 3.05) is 0 Å². The van der Waals surface area contributed by atoms with Crippen LogP contribution in [0, 0.1) is 0 Å². The zero-order valence-electron chi connectivity index (χ0n) is 8.70. The van der Waals surface area contributed by atoms with Gasteiger partial charge in [0.25, 0.3) is 0 Å². The minimum Gasteiger partial charge on any atom is -0.347 e. The lowest BCUT2D eigenvalue weighted by Crippen LogP contribution is -2.59. The minimum atomic E-state index is -2.30. The van der Waals surface area contributed by atoms with Gasteiger partial charge in [0.1, 0.15) is 11.9 Å². The van der Waals surface area contributed by atoms with Gasteiger partial charge in [-0.3, -0.25) is 0 Å². The van der Waals surface area contributed by atoms with Crippen LogP contribution in [0.2, 0.25) is 18.3 Å². The van der Waals surface area contributed by atoms with Crippen LogP contribution in [0.25, 0.3) is 0 Å². The third kappa shape index (κ3) is 3.19. The highest BCUT2D eigenvalue weighted by atomic mass is 28.4. The summed E-state index contributed by atoms with van der Waals surface area (Å²) >= 11 is 0. The molecule has 78 valence electrons. The first-order valence-electron chi connectivity index (χ1n) is 4.29. The Bertz CT molecular complexity index is 272. The first kappa shape index (κ1) is 13.3. The molecule has 0 bridgehead atoms. The molecule has 4 nitrogen and oxygen atoms in total. The lowest BCUT2D eigenvalue weighted by molar-refractivity contribution is 0.568. The van der Waals surface area contributed by atoms with Crippen molar-refractivity contribution in [1.82, 2.24) is 0 Å². The average molecular weight is 228 g/mol. The average Bonchev–Trinajstić information content (AvgIpc) is 2.02. The first-order valence-corrected chi connectivity index (χ1v) is 9.76. The van der Waals surface area contributed by atoms with E-state index in [-0.39, 0.29) is 5.16 Å². The van der Waals surface area contributed by atoms with E-state index in [1.54, 1.807) is 11.9 Å². The summed E-state index contributed by atoms with van der Waals surface area (Å²) in [6, 6.07) is 0. The van der Waals surface area contributed by atoms with Crippen molar-refractivity contribution in [3.05, 3.63) is 11.4 Å². The van der Waals surface area contributed by atoms with Crippen LogP contribution in [0.15, 0.2) is 11.4 Å². The van der Waals surface area contributed by atoms with Gasteiger partial charge < -0.3 is 10.8 Å². The largest absolute Gasteiger partial charge is 0.347 e. The molecular formula is C8H16N2O2Si2. The fraction of sp³-hybridized carbons (Fsp3) is 0.500. The lowest BCUT2D eigenvalue weighted by atomic mass is 10.9. The Labute approximate surface area is 85.8 Å². The third-order valence-corrected chi connectivity index (χ3v) is 11.5. The lowest BCUT2D eigenvalue weighted by Gasteiger charge is -2.33. The molecule has 0 amide bonds. The molecule has 0 rings (SSSR count). The molecule has 0 radical (unpaired) electrons. The van der Waals surface area contributed by atoms with Gasteiger partial charge in [-0.1, -0.05) is 20.0 Å². The molecule has 0 saturated heterocycles. The van der Waals surface area contributed by atoms with E-state index in [1.807, 2.05) is 20.0 Å². The van der Waals surface area contributed by atoms with E-state index in [0.29, 0.717) is 0 Å². The van der Waals surface area contributed by atoms with E-state index in [2.05, 4.69) is 0 Å². The Morgan fingerprint density at radius 1 is 1.07 bits per heavy atom. The molecule has 0 spiro atoms. The SMILES string of the molecule is CC([Si](C)(N)C=C=O)[Si](C)(N)C=C=O. The zero-order valence-corrected chi connectivity index (χ0v) is 10.7. The molecule has 0 fully saturated rings. The Morgan fingerprint density at radius 3 is 1.57 bits per heavy atom. The smallest absolute Gasteiger partial charge is 0.158 e. The summed E-state index contributed by atoms with van der Waals surface area (Å²) in [5, 5.41) is 12.0. The second-order valence-corrected chi connectivity index (χ2v) is 12.3. The van der Waals surface area contributed by atoms with Crippen molar-refractivity contribution in [3.8, 4) is 0 Å². The molecule has 14 heavy (non-hydrogen) atoms.